The van der Waals surface area contributed by atoms with Gasteiger partial charge in [-0.1, -0.05) is 0 Å². The van der Waals surface area contributed by atoms with Crippen molar-refractivity contribution in [2.45, 2.75) is 45.3 Å². The zero-order valence-corrected chi connectivity index (χ0v) is 16.0. The summed E-state index contributed by atoms with van der Waals surface area (Å²) in [5, 5.41) is 4.26. The molecule has 0 bridgehead atoms. The molecule has 0 aromatic carbocycles. The lowest BCUT2D eigenvalue weighted by Crippen LogP contribution is -2.40. The van der Waals surface area contributed by atoms with Crippen molar-refractivity contribution >= 4 is 17.2 Å². The average molecular weight is 358 g/mol. The van der Waals surface area contributed by atoms with Gasteiger partial charge >= 0.3 is 0 Å². The smallest absolute Gasteiger partial charge is 0.220 e. The number of aromatic nitrogens is 1. The van der Waals surface area contributed by atoms with Gasteiger partial charge in [-0.25, -0.2) is 0 Å². The quantitative estimate of drug-likeness (QED) is 0.819. The number of carbonyl (C=O) groups is 1. The molecule has 5 heteroatoms. The summed E-state index contributed by atoms with van der Waals surface area (Å²) < 4.78 is 2.21. The molecular formula is C20H27N3OS. The Kier molecular flexibility index (Phi) is 4.46. The molecule has 25 heavy (non-hydrogen) atoms. The molecule has 4 nitrogen and oxygen atoms in total. The van der Waals surface area contributed by atoms with Gasteiger partial charge in [-0.15, -0.1) is 0 Å². The van der Waals surface area contributed by atoms with Crippen LogP contribution in [0, 0.1) is 5.41 Å². The predicted molar refractivity (Wildman–Crippen MR) is 101 cm³/mol. The fourth-order valence-electron chi connectivity index (χ4n) is 4.37. The van der Waals surface area contributed by atoms with Crippen LogP contribution in [0.1, 0.15) is 37.4 Å². The number of aryl methyl sites for hydroxylation is 1. The Bertz CT molecular complexity index is 728. The van der Waals surface area contributed by atoms with E-state index < -0.39 is 0 Å². The Balaban J connectivity index is 1.35. The number of nitrogens with zero attached hydrogens (tertiary/aromatic N) is 3. The van der Waals surface area contributed by atoms with Crippen LogP contribution in [0.3, 0.4) is 0 Å². The SMILES string of the molecule is CC(=O)N(Cc1ccsc1)[C@@H]1CC12CCN(Cc1cccn1C)CC2. The first-order valence-corrected chi connectivity index (χ1v) is 10.1. The first-order chi connectivity index (χ1) is 12.1. The summed E-state index contributed by atoms with van der Waals surface area (Å²) in [5.74, 6) is 0.222. The minimum Gasteiger partial charge on any atom is -0.353 e. The highest BCUT2D eigenvalue weighted by molar-refractivity contribution is 7.07. The molecule has 4 rings (SSSR count). The molecule has 1 saturated carbocycles. The van der Waals surface area contributed by atoms with Crippen LogP contribution in [0.25, 0.3) is 0 Å². The molecule has 0 N–H and O–H groups in total. The summed E-state index contributed by atoms with van der Waals surface area (Å²) in [7, 11) is 2.12. The fourth-order valence-corrected chi connectivity index (χ4v) is 5.03. The second kappa shape index (κ2) is 6.61. The number of rotatable bonds is 5. The summed E-state index contributed by atoms with van der Waals surface area (Å²) in [5.41, 5.74) is 3.03. The van der Waals surface area contributed by atoms with Gasteiger partial charge in [0, 0.05) is 45.0 Å². The van der Waals surface area contributed by atoms with Crippen molar-refractivity contribution in [3.8, 4) is 0 Å². The molecule has 3 heterocycles. The Morgan fingerprint density at radius 1 is 1.36 bits per heavy atom. The normalized spacial score (nSPS) is 22.2. The monoisotopic (exact) mass is 357 g/mol. The van der Waals surface area contributed by atoms with E-state index in [1.807, 2.05) is 0 Å². The molecule has 134 valence electrons. The van der Waals surface area contributed by atoms with E-state index in [0.29, 0.717) is 11.5 Å². The van der Waals surface area contributed by atoms with Crippen LogP contribution in [-0.4, -0.2) is 39.4 Å². The molecule has 0 unspecified atom stereocenters. The van der Waals surface area contributed by atoms with E-state index in [4.69, 9.17) is 0 Å². The van der Waals surface area contributed by atoms with Crippen LogP contribution in [0.5, 0.6) is 0 Å². The Hall–Kier alpha value is -1.59. The third kappa shape index (κ3) is 3.40. The predicted octanol–water partition coefficient (Wildman–Crippen LogP) is 3.49. The van der Waals surface area contributed by atoms with Crippen LogP contribution in [0.15, 0.2) is 35.2 Å². The molecule has 1 aliphatic heterocycles. The lowest BCUT2D eigenvalue weighted by atomic mass is 9.92. The van der Waals surface area contributed by atoms with Crippen LogP contribution < -0.4 is 0 Å². The Morgan fingerprint density at radius 3 is 2.76 bits per heavy atom. The van der Waals surface area contributed by atoms with Crippen LogP contribution in [0.2, 0.25) is 0 Å². The topological polar surface area (TPSA) is 28.5 Å². The molecule has 1 atom stereocenters. The van der Waals surface area contributed by atoms with Gasteiger partial charge in [0.15, 0.2) is 0 Å². The molecule has 2 aromatic rings. The van der Waals surface area contributed by atoms with Gasteiger partial charge in [-0.05, 0) is 72.3 Å². The summed E-state index contributed by atoms with van der Waals surface area (Å²) in [6, 6.07) is 6.91. The maximum absolute atomic E-state index is 12.2. The first-order valence-electron chi connectivity index (χ1n) is 9.18. The van der Waals surface area contributed by atoms with Crippen LogP contribution in [0.4, 0.5) is 0 Å². The maximum atomic E-state index is 12.2. The number of thiophene rings is 1. The summed E-state index contributed by atoms with van der Waals surface area (Å²) >= 11 is 1.71. The summed E-state index contributed by atoms with van der Waals surface area (Å²) in [4.78, 5) is 16.9. The molecule has 2 fully saturated rings. The highest BCUT2D eigenvalue weighted by Crippen LogP contribution is 2.57. The van der Waals surface area contributed by atoms with Gasteiger partial charge in [0.25, 0.3) is 0 Å². The minimum absolute atomic E-state index is 0.222. The van der Waals surface area contributed by atoms with E-state index in [-0.39, 0.29) is 5.91 Å². The van der Waals surface area contributed by atoms with E-state index in [0.717, 1.165) is 26.2 Å². The van der Waals surface area contributed by atoms with Crippen molar-refractivity contribution in [3.05, 3.63) is 46.4 Å². The van der Waals surface area contributed by atoms with E-state index >= 15 is 0 Å². The van der Waals surface area contributed by atoms with Crippen molar-refractivity contribution < 1.29 is 4.79 Å². The number of carbonyl (C=O) groups excluding carboxylic acids is 1. The molecule has 2 aromatic heterocycles. The lowest BCUT2D eigenvalue weighted by Gasteiger charge is -2.34. The highest BCUT2D eigenvalue weighted by atomic mass is 32.1. The van der Waals surface area contributed by atoms with Crippen molar-refractivity contribution in [1.82, 2.24) is 14.4 Å². The van der Waals surface area contributed by atoms with Crippen molar-refractivity contribution in [3.63, 3.8) is 0 Å². The zero-order valence-electron chi connectivity index (χ0n) is 15.1. The van der Waals surface area contributed by atoms with E-state index in [1.54, 1.807) is 18.3 Å². The molecule has 1 spiro atoms. The van der Waals surface area contributed by atoms with E-state index in [1.165, 1.54) is 30.5 Å². The van der Waals surface area contributed by atoms with Crippen molar-refractivity contribution in [2.75, 3.05) is 13.1 Å². The van der Waals surface area contributed by atoms with E-state index in [9.17, 15) is 4.79 Å². The third-order valence-corrected chi connectivity index (χ3v) is 6.88. The van der Waals surface area contributed by atoms with Gasteiger partial charge in [0.2, 0.25) is 5.91 Å². The van der Waals surface area contributed by atoms with Crippen molar-refractivity contribution in [1.29, 1.82) is 0 Å². The first kappa shape index (κ1) is 16.9. The average Bonchev–Trinajstić information content (AvgIpc) is 2.94. The van der Waals surface area contributed by atoms with Gasteiger partial charge in [-0.3, -0.25) is 9.69 Å². The summed E-state index contributed by atoms with van der Waals surface area (Å²) in [6.45, 7) is 5.83. The molecular weight excluding hydrogens is 330 g/mol. The van der Waals surface area contributed by atoms with Crippen LogP contribution in [-0.2, 0) is 24.9 Å². The van der Waals surface area contributed by atoms with E-state index in [2.05, 4.69) is 56.6 Å². The number of likely N-dealkylation sites (tertiary alicyclic amines) is 1. The zero-order chi connectivity index (χ0) is 17.4. The maximum Gasteiger partial charge on any atom is 0.220 e. The summed E-state index contributed by atoms with van der Waals surface area (Å²) in [6.07, 6.45) is 5.74. The molecule has 1 aliphatic carbocycles. The number of hydrogen-bond acceptors (Lipinski definition) is 3. The van der Waals surface area contributed by atoms with Crippen molar-refractivity contribution in [2.24, 2.45) is 12.5 Å². The van der Waals surface area contributed by atoms with Gasteiger partial charge in [0.1, 0.15) is 0 Å². The number of amides is 1. The number of hydrogen-bond donors (Lipinski definition) is 0. The van der Waals surface area contributed by atoms with Gasteiger partial charge < -0.3 is 9.47 Å². The molecule has 1 amide bonds. The highest BCUT2D eigenvalue weighted by Gasteiger charge is 2.58. The third-order valence-electron chi connectivity index (χ3n) is 6.15. The standard InChI is InChI=1S/C20H27N3OS/c1-16(24)23(13-17-5-11-25-15-17)19-12-20(19)6-9-22(10-7-20)14-18-4-3-8-21(18)2/h3-5,8,11,15,19H,6-7,9-10,12-14H2,1-2H3/t19-/m1/s1. The lowest BCUT2D eigenvalue weighted by molar-refractivity contribution is -0.130. The molecule has 0 radical (unpaired) electrons. The Morgan fingerprint density at radius 2 is 2.16 bits per heavy atom. The van der Waals surface area contributed by atoms with Crippen LogP contribution >= 0.6 is 11.3 Å². The fraction of sp³-hybridized carbons (Fsp3) is 0.550. The second-order valence-electron chi connectivity index (χ2n) is 7.75. The number of piperidine rings is 1. The molecule has 1 saturated heterocycles. The Labute approximate surface area is 154 Å². The largest absolute Gasteiger partial charge is 0.353 e. The van der Waals surface area contributed by atoms with Gasteiger partial charge in [-0.2, -0.15) is 11.3 Å². The second-order valence-corrected chi connectivity index (χ2v) is 8.53. The minimum atomic E-state index is 0.222. The van der Waals surface area contributed by atoms with Gasteiger partial charge in [0.05, 0.1) is 0 Å². The molecule has 2 aliphatic rings.